The van der Waals surface area contributed by atoms with Gasteiger partial charge in [-0.25, -0.2) is 0 Å². The van der Waals surface area contributed by atoms with Crippen LogP contribution in [0.2, 0.25) is 5.02 Å². The number of hydrogen-bond donors (Lipinski definition) is 1. The summed E-state index contributed by atoms with van der Waals surface area (Å²) in [5.41, 5.74) is 0. The molecule has 0 bridgehead atoms. The van der Waals surface area contributed by atoms with Crippen molar-refractivity contribution in [1.82, 2.24) is 0 Å². The van der Waals surface area contributed by atoms with Crippen LogP contribution in [-0.2, 0) is 0 Å². The highest BCUT2D eigenvalue weighted by Gasteiger charge is 2.01. The molecule has 0 aliphatic heterocycles. The molecule has 0 saturated heterocycles. The molecule has 1 rings (SSSR count). The van der Waals surface area contributed by atoms with E-state index >= 15 is 0 Å². The molecule has 96 valence electrons. The highest BCUT2D eigenvalue weighted by atomic mass is 35.5. The number of nitrogens with one attached hydrogen (secondary N) is 1. The molecule has 17 heavy (non-hydrogen) atoms. The van der Waals surface area contributed by atoms with Crippen molar-refractivity contribution in [3.63, 3.8) is 0 Å². The number of unbranched alkanes of at least 4 members (excludes halogenated alkanes) is 1. The van der Waals surface area contributed by atoms with Gasteiger partial charge in [0, 0.05) is 5.02 Å². The third kappa shape index (κ3) is 5.94. The number of rotatable bonds is 8. The normalized spacial score (nSPS) is 10.8. The molecule has 1 N–H and O–H groups in total. The van der Waals surface area contributed by atoms with Crippen molar-refractivity contribution in [2.45, 2.75) is 26.7 Å². The third-order valence-electron chi connectivity index (χ3n) is 2.99. The Morgan fingerprint density at radius 2 is 1.94 bits per heavy atom. The minimum atomic E-state index is 0.732. The number of hydrogen-bond acceptors (Lipinski definition) is 1. The second-order valence-electron chi connectivity index (χ2n) is 4.22. The van der Waals surface area contributed by atoms with Crippen LogP contribution in [0.15, 0.2) is 24.3 Å². The Hall–Kier alpha value is -0.730. The van der Waals surface area contributed by atoms with Gasteiger partial charge in [-0.1, -0.05) is 17.7 Å². The predicted octanol–water partition coefficient (Wildman–Crippen LogP) is 2.42. The lowest BCUT2D eigenvalue weighted by Gasteiger charge is -2.15. The van der Waals surface area contributed by atoms with Gasteiger partial charge in [-0.15, -0.1) is 0 Å². The van der Waals surface area contributed by atoms with Crippen molar-refractivity contribution >= 4 is 11.6 Å². The molecule has 0 radical (unpaired) electrons. The fourth-order valence-corrected chi connectivity index (χ4v) is 2.01. The van der Waals surface area contributed by atoms with Crippen molar-refractivity contribution in [3.05, 3.63) is 29.3 Å². The topological polar surface area (TPSA) is 13.7 Å². The second-order valence-corrected chi connectivity index (χ2v) is 4.66. The lowest BCUT2D eigenvalue weighted by Crippen LogP contribution is -3.11. The van der Waals surface area contributed by atoms with Gasteiger partial charge in [-0.3, -0.25) is 0 Å². The molecular formula is C14H23ClNO+. The van der Waals surface area contributed by atoms with Crippen LogP contribution >= 0.6 is 11.6 Å². The maximum atomic E-state index is 5.88. The summed E-state index contributed by atoms with van der Waals surface area (Å²) in [7, 11) is 0. The van der Waals surface area contributed by atoms with E-state index in [0.29, 0.717) is 0 Å². The Labute approximate surface area is 110 Å². The molecule has 1 aromatic rings. The maximum absolute atomic E-state index is 5.88. The van der Waals surface area contributed by atoms with Crippen LogP contribution in [0.25, 0.3) is 0 Å². The van der Waals surface area contributed by atoms with E-state index in [1.165, 1.54) is 26.1 Å². The first-order chi connectivity index (χ1) is 8.26. The van der Waals surface area contributed by atoms with Crippen molar-refractivity contribution in [3.8, 4) is 5.75 Å². The van der Waals surface area contributed by atoms with Gasteiger partial charge in [0.05, 0.1) is 26.2 Å². The van der Waals surface area contributed by atoms with E-state index in [4.69, 9.17) is 16.3 Å². The van der Waals surface area contributed by atoms with Gasteiger partial charge in [0.2, 0.25) is 0 Å². The van der Waals surface area contributed by atoms with E-state index in [0.717, 1.165) is 23.8 Å². The molecule has 0 fully saturated rings. The standard InChI is InChI=1S/C14H22ClNO/c1-3-16(4-2)10-5-6-11-17-14-9-7-8-13(15)12-14/h7-9,12H,3-6,10-11H2,1-2H3/p+1. The molecule has 0 spiro atoms. The van der Waals surface area contributed by atoms with E-state index < -0.39 is 0 Å². The lowest BCUT2D eigenvalue weighted by molar-refractivity contribution is -0.896. The SMILES string of the molecule is CC[NH+](CC)CCCCOc1cccc(Cl)c1. The Morgan fingerprint density at radius 3 is 2.59 bits per heavy atom. The van der Waals surface area contributed by atoms with Crippen molar-refractivity contribution < 1.29 is 9.64 Å². The van der Waals surface area contributed by atoms with Crippen LogP contribution in [0.3, 0.4) is 0 Å². The van der Waals surface area contributed by atoms with E-state index in [1.54, 1.807) is 4.90 Å². The molecule has 0 atom stereocenters. The molecule has 0 amide bonds. The largest absolute Gasteiger partial charge is 0.494 e. The second kappa shape index (κ2) is 8.37. The number of benzene rings is 1. The average molecular weight is 257 g/mol. The van der Waals surface area contributed by atoms with Crippen molar-refractivity contribution in [2.24, 2.45) is 0 Å². The molecule has 0 aliphatic rings. The van der Waals surface area contributed by atoms with Gasteiger partial charge in [-0.2, -0.15) is 0 Å². The summed E-state index contributed by atoms with van der Waals surface area (Å²) >= 11 is 5.88. The van der Waals surface area contributed by atoms with Gasteiger partial charge in [-0.05, 0) is 44.9 Å². The van der Waals surface area contributed by atoms with Crippen LogP contribution < -0.4 is 9.64 Å². The molecule has 0 heterocycles. The van der Waals surface area contributed by atoms with Gasteiger partial charge < -0.3 is 9.64 Å². The number of quaternary nitrogens is 1. The Balaban J connectivity index is 2.12. The third-order valence-corrected chi connectivity index (χ3v) is 3.22. The zero-order chi connectivity index (χ0) is 12.5. The van der Waals surface area contributed by atoms with Gasteiger partial charge in [0.1, 0.15) is 5.75 Å². The first-order valence-corrected chi connectivity index (χ1v) is 6.86. The summed E-state index contributed by atoms with van der Waals surface area (Å²) in [6, 6.07) is 7.58. The Bertz CT molecular complexity index is 313. The Kier molecular flexibility index (Phi) is 7.06. The summed E-state index contributed by atoms with van der Waals surface area (Å²) in [5.74, 6) is 0.868. The minimum Gasteiger partial charge on any atom is -0.494 e. The number of ether oxygens (including phenoxy) is 1. The first-order valence-electron chi connectivity index (χ1n) is 6.48. The fraction of sp³-hybridized carbons (Fsp3) is 0.571. The van der Waals surface area contributed by atoms with Crippen LogP contribution in [0.5, 0.6) is 5.75 Å². The molecule has 0 aliphatic carbocycles. The molecule has 0 aromatic heterocycles. The van der Waals surface area contributed by atoms with Crippen molar-refractivity contribution in [2.75, 3.05) is 26.2 Å². The smallest absolute Gasteiger partial charge is 0.120 e. The van der Waals surface area contributed by atoms with E-state index in [-0.39, 0.29) is 0 Å². The van der Waals surface area contributed by atoms with Gasteiger partial charge >= 0.3 is 0 Å². The molecule has 3 heteroatoms. The summed E-state index contributed by atoms with van der Waals surface area (Å²) in [5, 5.41) is 0.732. The summed E-state index contributed by atoms with van der Waals surface area (Å²) in [6.45, 7) is 8.92. The maximum Gasteiger partial charge on any atom is 0.120 e. The number of halogens is 1. The minimum absolute atomic E-state index is 0.732. The molecular weight excluding hydrogens is 234 g/mol. The fourth-order valence-electron chi connectivity index (χ4n) is 1.83. The lowest BCUT2D eigenvalue weighted by atomic mass is 10.3. The molecule has 0 unspecified atom stereocenters. The van der Waals surface area contributed by atoms with E-state index in [2.05, 4.69) is 13.8 Å². The summed E-state index contributed by atoms with van der Waals surface area (Å²) in [6.07, 6.45) is 2.33. The highest BCUT2D eigenvalue weighted by molar-refractivity contribution is 6.30. The molecule has 2 nitrogen and oxygen atoms in total. The van der Waals surface area contributed by atoms with E-state index in [9.17, 15) is 0 Å². The highest BCUT2D eigenvalue weighted by Crippen LogP contribution is 2.17. The van der Waals surface area contributed by atoms with Crippen LogP contribution in [0.4, 0.5) is 0 Å². The van der Waals surface area contributed by atoms with Crippen LogP contribution in [-0.4, -0.2) is 26.2 Å². The predicted molar refractivity (Wildman–Crippen MR) is 73.1 cm³/mol. The Morgan fingerprint density at radius 1 is 1.18 bits per heavy atom. The molecule has 0 saturated carbocycles. The van der Waals surface area contributed by atoms with Crippen LogP contribution in [0.1, 0.15) is 26.7 Å². The first kappa shape index (κ1) is 14.3. The van der Waals surface area contributed by atoms with Gasteiger partial charge in [0.15, 0.2) is 0 Å². The average Bonchev–Trinajstić information content (AvgIpc) is 2.34. The zero-order valence-corrected chi connectivity index (χ0v) is 11.6. The summed E-state index contributed by atoms with van der Waals surface area (Å²) < 4.78 is 5.64. The van der Waals surface area contributed by atoms with Crippen molar-refractivity contribution in [1.29, 1.82) is 0 Å². The summed E-state index contributed by atoms with van der Waals surface area (Å²) in [4.78, 5) is 1.66. The quantitative estimate of drug-likeness (QED) is 0.706. The van der Waals surface area contributed by atoms with Crippen LogP contribution in [0, 0.1) is 0 Å². The van der Waals surface area contributed by atoms with E-state index in [1.807, 2.05) is 24.3 Å². The molecule has 1 aromatic carbocycles. The zero-order valence-electron chi connectivity index (χ0n) is 10.8. The van der Waals surface area contributed by atoms with Gasteiger partial charge in [0.25, 0.3) is 0 Å². The monoisotopic (exact) mass is 256 g/mol.